The first-order valence-corrected chi connectivity index (χ1v) is 8.05. The Hall–Kier alpha value is -1.07. The molecule has 1 aromatic carbocycles. The molecule has 1 amide bonds. The lowest BCUT2D eigenvalue weighted by Crippen LogP contribution is -2.41. The molecule has 1 heterocycles. The van der Waals surface area contributed by atoms with Crippen molar-refractivity contribution in [2.75, 3.05) is 25.4 Å². The fourth-order valence-electron chi connectivity index (χ4n) is 2.37. The summed E-state index contributed by atoms with van der Waals surface area (Å²) in [6, 6.07) is 6.37. The summed E-state index contributed by atoms with van der Waals surface area (Å²) < 4.78 is 12.8. The van der Waals surface area contributed by atoms with Crippen LogP contribution in [-0.2, 0) is 10.5 Å². The van der Waals surface area contributed by atoms with Gasteiger partial charge in [0.2, 0.25) is 5.91 Å². The predicted molar refractivity (Wildman–Crippen MR) is 79.0 cm³/mol. The van der Waals surface area contributed by atoms with E-state index in [9.17, 15) is 9.18 Å². The molecule has 1 aliphatic heterocycles. The van der Waals surface area contributed by atoms with E-state index in [4.69, 9.17) is 5.11 Å². The molecule has 1 saturated heterocycles. The molecule has 20 heavy (non-hydrogen) atoms. The van der Waals surface area contributed by atoms with Gasteiger partial charge in [-0.2, -0.15) is 0 Å². The lowest BCUT2D eigenvalue weighted by Gasteiger charge is -2.31. The zero-order valence-electron chi connectivity index (χ0n) is 11.4. The maximum Gasteiger partial charge on any atom is 0.232 e. The minimum absolute atomic E-state index is 0.135. The smallest absolute Gasteiger partial charge is 0.232 e. The summed E-state index contributed by atoms with van der Waals surface area (Å²) in [5, 5.41) is 9.16. The molecule has 1 unspecified atom stereocenters. The summed E-state index contributed by atoms with van der Waals surface area (Å²) in [7, 11) is 0. The number of piperidine rings is 1. The van der Waals surface area contributed by atoms with Crippen LogP contribution in [0, 0.1) is 11.7 Å². The minimum atomic E-state index is -0.238. The number of rotatable bonds is 5. The molecular weight excluding hydrogens is 277 g/mol. The number of halogens is 1. The highest BCUT2D eigenvalue weighted by molar-refractivity contribution is 7.99. The molecule has 0 saturated carbocycles. The molecule has 0 radical (unpaired) electrons. The SMILES string of the molecule is O=C(CSCc1ccc(F)cc1)N1CCCC(CO)C1. The van der Waals surface area contributed by atoms with E-state index in [0.29, 0.717) is 18.1 Å². The molecule has 3 nitrogen and oxygen atoms in total. The molecule has 110 valence electrons. The minimum Gasteiger partial charge on any atom is -0.396 e. The number of thioether (sulfide) groups is 1. The molecule has 0 spiro atoms. The van der Waals surface area contributed by atoms with Crippen molar-refractivity contribution in [1.29, 1.82) is 0 Å². The number of likely N-dealkylation sites (tertiary alicyclic amines) is 1. The van der Waals surface area contributed by atoms with Crippen molar-refractivity contribution in [1.82, 2.24) is 4.90 Å². The van der Waals surface area contributed by atoms with Crippen molar-refractivity contribution in [2.24, 2.45) is 5.92 Å². The number of benzene rings is 1. The molecule has 5 heteroatoms. The zero-order chi connectivity index (χ0) is 14.4. The molecular formula is C15H20FNO2S. The molecule has 1 aliphatic rings. The van der Waals surface area contributed by atoms with Crippen molar-refractivity contribution < 1.29 is 14.3 Å². The first kappa shape index (κ1) is 15.3. The Bertz CT molecular complexity index is 438. The van der Waals surface area contributed by atoms with Gasteiger partial charge in [-0.3, -0.25) is 4.79 Å². The Morgan fingerprint density at radius 3 is 2.85 bits per heavy atom. The summed E-state index contributed by atoms with van der Waals surface area (Å²) in [4.78, 5) is 13.9. The van der Waals surface area contributed by atoms with Gasteiger partial charge in [-0.25, -0.2) is 4.39 Å². The number of hydrogen-bond acceptors (Lipinski definition) is 3. The lowest BCUT2D eigenvalue weighted by molar-refractivity contribution is -0.130. The Labute approximate surface area is 123 Å². The monoisotopic (exact) mass is 297 g/mol. The van der Waals surface area contributed by atoms with Crippen LogP contribution in [0.4, 0.5) is 4.39 Å². The van der Waals surface area contributed by atoms with E-state index in [1.54, 1.807) is 23.9 Å². The third-order valence-electron chi connectivity index (χ3n) is 3.54. The maximum atomic E-state index is 12.8. The average molecular weight is 297 g/mol. The largest absolute Gasteiger partial charge is 0.396 e. The Morgan fingerprint density at radius 2 is 2.15 bits per heavy atom. The third kappa shape index (κ3) is 4.49. The van der Waals surface area contributed by atoms with Gasteiger partial charge in [-0.1, -0.05) is 12.1 Å². The van der Waals surface area contributed by atoms with E-state index in [2.05, 4.69) is 0 Å². The highest BCUT2D eigenvalue weighted by Crippen LogP contribution is 2.18. The van der Waals surface area contributed by atoms with E-state index in [1.807, 2.05) is 4.90 Å². The van der Waals surface area contributed by atoms with Gasteiger partial charge in [0.15, 0.2) is 0 Å². The van der Waals surface area contributed by atoms with E-state index in [1.165, 1.54) is 12.1 Å². The van der Waals surface area contributed by atoms with Gasteiger partial charge >= 0.3 is 0 Å². The van der Waals surface area contributed by atoms with E-state index in [0.717, 1.165) is 24.9 Å². The number of aliphatic hydroxyl groups is 1. The van der Waals surface area contributed by atoms with Crippen LogP contribution in [0.5, 0.6) is 0 Å². The number of hydrogen-bond donors (Lipinski definition) is 1. The van der Waals surface area contributed by atoms with Crippen LogP contribution >= 0.6 is 11.8 Å². The molecule has 0 bridgehead atoms. The lowest BCUT2D eigenvalue weighted by atomic mass is 9.99. The summed E-state index contributed by atoms with van der Waals surface area (Å²) in [5.41, 5.74) is 1.02. The molecule has 1 aromatic rings. The second-order valence-electron chi connectivity index (χ2n) is 5.15. The molecule has 1 N–H and O–H groups in total. The number of carbonyl (C=O) groups excluding carboxylic acids is 1. The maximum absolute atomic E-state index is 12.8. The van der Waals surface area contributed by atoms with Gasteiger partial charge in [0.05, 0.1) is 5.75 Å². The number of aliphatic hydroxyl groups excluding tert-OH is 1. The number of carbonyl (C=O) groups is 1. The first-order valence-electron chi connectivity index (χ1n) is 6.90. The Kier molecular flexibility index (Phi) is 5.86. The van der Waals surface area contributed by atoms with Crippen LogP contribution in [0.3, 0.4) is 0 Å². The standard InChI is InChI=1S/C15H20FNO2S/c16-14-5-3-12(4-6-14)10-20-11-15(19)17-7-1-2-13(8-17)9-18/h3-6,13,18H,1-2,7-11H2. The van der Waals surface area contributed by atoms with Crippen LogP contribution in [0.25, 0.3) is 0 Å². The molecule has 1 fully saturated rings. The zero-order valence-corrected chi connectivity index (χ0v) is 12.2. The first-order chi connectivity index (χ1) is 9.69. The topological polar surface area (TPSA) is 40.5 Å². The average Bonchev–Trinajstić information content (AvgIpc) is 2.49. The van der Waals surface area contributed by atoms with Crippen LogP contribution in [-0.4, -0.2) is 41.4 Å². The normalized spacial score (nSPS) is 19.1. The molecule has 0 aromatic heterocycles. The second-order valence-corrected chi connectivity index (χ2v) is 6.14. The van der Waals surface area contributed by atoms with Gasteiger partial charge in [0.25, 0.3) is 0 Å². The van der Waals surface area contributed by atoms with Crippen LogP contribution in [0.1, 0.15) is 18.4 Å². The summed E-state index contributed by atoms with van der Waals surface area (Å²) in [6.45, 7) is 1.63. The van der Waals surface area contributed by atoms with Gasteiger partial charge in [-0.05, 0) is 36.5 Å². The highest BCUT2D eigenvalue weighted by Gasteiger charge is 2.22. The fourth-order valence-corrected chi connectivity index (χ4v) is 3.26. The van der Waals surface area contributed by atoms with Gasteiger partial charge in [0, 0.05) is 25.4 Å². The van der Waals surface area contributed by atoms with E-state index >= 15 is 0 Å². The van der Waals surface area contributed by atoms with E-state index in [-0.39, 0.29) is 24.2 Å². The summed E-state index contributed by atoms with van der Waals surface area (Å²) in [6.07, 6.45) is 1.97. The van der Waals surface area contributed by atoms with Gasteiger partial charge in [-0.15, -0.1) is 11.8 Å². The molecule has 1 atom stereocenters. The fraction of sp³-hybridized carbons (Fsp3) is 0.533. The van der Waals surface area contributed by atoms with E-state index < -0.39 is 0 Å². The quantitative estimate of drug-likeness (QED) is 0.906. The van der Waals surface area contributed by atoms with Crippen molar-refractivity contribution in [3.63, 3.8) is 0 Å². The highest BCUT2D eigenvalue weighted by atomic mass is 32.2. The van der Waals surface area contributed by atoms with Crippen LogP contribution in [0.15, 0.2) is 24.3 Å². The van der Waals surface area contributed by atoms with Crippen molar-refractivity contribution in [3.8, 4) is 0 Å². The van der Waals surface area contributed by atoms with Gasteiger partial charge < -0.3 is 10.0 Å². The summed E-state index contributed by atoms with van der Waals surface area (Å²) in [5.74, 6) is 1.28. The molecule has 2 rings (SSSR count). The van der Waals surface area contributed by atoms with Crippen LogP contribution < -0.4 is 0 Å². The Morgan fingerprint density at radius 1 is 1.40 bits per heavy atom. The second kappa shape index (κ2) is 7.64. The van der Waals surface area contributed by atoms with Crippen molar-refractivity contribution >= 4 is 17.7 Å². The third-order valence-corrected chi connectivity index (χ3v) is 4.53. The number of nitrogens with zero attached hydrogens (tertiary/aromatic N) is 1. The summed E-state index contributed by atoms with van der Waals surface area (Å²) >= 11 is 1.55. The Balaban J connectivity index is 1.73. The van der Waals surface area contributed by atoms with Crippen LogP contribution in [0.2, 0.25) is 0 Å². The predicted octanol–water partition coefficient (Wildman–Crippen LogP) is 2.29. The number of amides is 1. The van der Waals surface area contributed by atoms with Crippen molar-refractivity contribution in [2.45, 2.75) is 18.6 Å². The molecule has 0 aliphatic carbocycles. The van der Waals surface area contributed by atoms with Crippen molar-refractivity contribution in [3.05, 3.63) is 35.6 Å². The van der Waals surface area contributed by atoms with Gasteiger partial charge in [0.1, 0.15) is 5.82 Å².